The monoisotopic (exact) mass is 674 g/mol. The standard InChI is InChI=1S/C45H73N2O2/c1-11-19-34(20-12-2)40-29-38(48-9)30-41(35(21-13-3)22-14-4)44(40)46-27-28-47(33-46)45-42(36(23-15-5)24-16-6)31-39(49-10)32-43(45)37(25-17-7)26-18-8/h27-37H,11-26H2,1-10H3/q+1. The quantitative estimate of drug-likeness (QED) is 0.0885. The number of ether oxygens (including phenoxy) is 2. The van der Waals surface area contributed by atoms with E-state index in [-0.39, 0.29) is 0 Å². The van der Waals surface area contributed by atoms with Gasteiger partial charge in [0, 0.05) is 22.3 Å². The van der Waals surface area contributed by atoms with Crippen molar-refractivity contribution in [3.63, 3.8) is 0 Å². The second-order valence-corrected chi connectivity index (χ2v) is 14.6. The first-order chi connectivity index (χ1) is 23.9. The van der Waals surface area contributed by atoms with Gasteiger partial charge in [0.05, 0.1) is 14.2 Å². The van der Waals surface area contributed by atoms with E-state index < -0.39 is 0 Å². The van der Waals surface area contributed by atoms with Crippen LogP contribution in [0, 0.1) is 0 Å². The first-order valence-electron chi connectivity index (χ1n) is 20.4. The highest BCUT2D eigenvalue weighted by Gasteiger charge is 2.30. The van der Waals surface area contributed by atoms with E-state index >= 15 is 0 Å². The molecular formula is C45H73N2O2+. The Morgan fingerprint density at radius 1 is 0.490 bits per heavy atom. The predicted molar refractivity (Wildman–Crippen MR) is 211 cm³/mol. The van der Waals surface area contributed by atoms with Crippen molar-refractivity contribution < 1.29 is 14.0 Å². The molecule has 4 heteroatoms. The van der Waals surface area contributed by atoms with Gasteiger partial charge in [-0.15, -0.1) is 0 Å². The Hall–Kier alpha value is -2.75. The van der Waals surface area contributed by atoms with Gasteiger partial charge in [-0.2, -0.15) is 0 Å². The van der Waals surface area contributed by atoms with Crippen LogP contribution >= 0.6 is 0 Å². The van der Waals surface area contributed by atoms with E-state index in [1.807, 2.05) is 14.2 Å². The van der Waals surface area contributed by atoms with Crippen molar-refractivity contribution in [3.05, 3.63) is 65.2 Å². The lowest BCUT2D eigenvalue weighted by atomic mass is 9.82. The third-order valence-electron chi connectivity index (χ3n) is 10.8. The summed E-state index contributed by atoms with van der Waals surface area (Å²) in [5.41, 5.74) is 8.62. The van der Waals surface area contributed by atoms with Gasteiger partial charge in [-0.05, 0) is 99.3 Å². The minimum Gasteiger partial charge on any atom is -0.497 e. The molecule has 0 amide bonds. The summed E-state index contributed by atoms with van der Waals surface area (Å²) in [5.74, 6) is 4.02. The molecule has 0 aliphatic heterocycles. The molecule has 1 aromatic heterocycles. The zero-order valence-electron chi connectivity index (χ0n) is 33.4. The Morgan fingerprint density at radius 3 is 1.10 bits per heavy atom. The van der Waals surface area contributed by atoms with Gasteiger partial charge in [0.1, 0.15) is 35.3 Å². The van der Waals surface area contributed by atoms with Gasteiger partial charge in [0.2, 0.25) is 0 Å². The second-order valence-electron chi connectivity index (χ2n) is 14.6. The van der Waals surface area contributed by atoms with Gasteiger partial charge in [0.15, 0.2) is 0 Å². The normalized spacial score (nSPS) is 11.9. The smallest absolute Gasteiger partial charge is 0.254 e. The number of aromatic nitrogens is 2. The summed E-state index contributed by atoms with van der Waals surface area (Å²) in [6.07, 6.45) is 26.1. The highest BCUT2D eigenvalue weighted by molar-refractivity contribution is 5.56. The number of imidazole rings is 1. The maximum atomic E-state index is 6.05. The van der Waals surface area contributed by atoms with Crippen molar-refractivity contribution in [1.29, 1.82) is 0 Å². The van der Waals surface area contributed by atoms with Crippen LogP contribution < -0.4 is 14.0 Å². The van der Waals surface area contributed by atoms with Gasteiger partial charge < -0.3 is 9.47 Å². The third-order valence-corrected chi connectivity index (χ3v) is 10.8. The van der Waals surface area contributed by atoms with Gasteiger partial charge >= 0.3 is 0 Å². The number of hydrogen-bond acceptors (Lipinski definition) is 2. The zero-order chi connectivity index (χ0) is 35.8. The summed E-state index contributed by atoms with van der Waals surface area (Å²) >= 11 is 0. The molecule has 0 radical (unpaired) electrons. The van der Waals surface area contributed by atoms with Crippen LogP contribution in [0.5, 0.6) is 11.5 Å². The predicted octanol–water partition coefficient (Wildman–Crippen LogP) is 13.5. The fraction of sp³-hybridized carbons (Fsp3) is 0.667. The van der Waals surface area contributed by atoms with Crippen LogP contribution in [0.4, 0.5) is 0 Å². The molecule has 1 heterocycles. The lowest BCUT2D eigenvalue weighted by Crippen LogP contribution is -2.33. The van der Waals surface area contributed by atoms with Crippen molar-refractivity contribution in [2.24, 2.45) is 0 Å². The molecule has 49 heavy (non-hydrogen) atoms. The molecule has 0 spiro atoms. The topological polar surface area (TPSA) is 27.3 Å². The number of nitrogens with zero attached hydrogens (tertiary/aromatic N) is 2. The zero-order valence-corrected chi connectivity index (χ0v) is 33.4. The molecule has 0 saturated carbocycles. The van der Waals surface area contributed by atoms with Crippen LogP contribution in [0.2, 0.25) is 0 Å². The number of methoxy groups -OCH3 is 2. The molecule has 0 saturated heterocycles. The molecular weight excluding hydrogens is 601 g/mol. The fourth-order valence-corrected chi connectivity index (χ4v) is 8.61. The van der Waals surface area contributed by atoms with Crippen LogP contribution in [0.25, 0.3) is 11.4 Å². The second kappa shape index (κ2) is 21.5. The van der Waals surface area contributed by atoms with E-state index in [1.165, 1.54) is 136 Å². The Bertz CT molecular complexity index is 1170. The van der Waals surface area contributed by atoms with Crippen molar-refractivity contribution in [1.82, 2.24) is 4.57 Å². The summed E-state index contributed by atoms with van der Waals surface area (Å²) in [7, 11) is 3.68. The lowest BCUT2D eigenvalue weighted by molar-refractivity contribution is -0.596. The highest BCUT2D eigenvalue weighted by atomic mass is 16.5. The number of rotatable bonds is 24. The van der Waals surface area contributed by atoms with Gasteiger partial charge in [-0.25, -0.2) is 9.13 Å². The number of benzene rings is 2. The molecule has 0 aliphatic rings. The SMILES string of the molecule is CCCC(CCC)c1cc(OC)cc(C(CCC)CCC)c1-n1cc[n+](-c2c(C(CCC)CCC)cc(OC)cc2C(CCC)CCC)c1. The highest BCUT2D eigenvalue weighted by Crippen LogP contribution is 2.43. The summed E-state index contributed by atoms with van der Waals surface area (Å²) < 4.78 is 17.1. The molecule has 3 rings (SSSR count). The molecule has 274 valence electrons. The van der Waals surface area contributed by atoms with Crippen molar-refractivity contribution >= 4 is 0 Å². The van der Waals surface area contributed by atoms with E-state index in [4.69, 9.17) is 9.47 Å². The maximum absolute atomic E-state index is 6.05. The van der Waals surface area contributed by atoms with E-state index in [1.54, 1.807) is 0 Å². The first kappa shape index (κ1) is 40.7. The maximum Gasteiger partial charge on any atom is 0.254 e. The minimum atomic E-state index is 0.502. The van der Waals surface area contributed by atoms with Crippen LogP contribution in [-0.4, -0.2) is 18.8 Å². The summed E-state index contributed by atoms with van der Waals surface area (Å²) in [6.45, 7) is 18.7. The average molecular weight is 674 g/mol. The van der Waals surface area contributed by atoms with Crippen LogP contribution in [-0.2, 0) is 0 Å². The largest absolute Gasteiger partial charge is 0.497 e. The molecule has 0 atom stereocenters. The minimum absolute atomic E-state index is 0.502. The Kier molecular flexibility index (Phi) is 17.8. The van der Waals surface area contributed by atoms with E-state index in [2.05, 4.69) is 108 Å². The summed E-state index contributed by atoms with van der Waals surface area (Å²) in [4.78, 5) is 0. The van der Waals surface area contributed by atoms with Crippen LogP contribution in [0.1, 0.15) is 204 Å². The summed E-state index contributed by atoms with van der Waals surface area (Å²) in [6, 6.07) is 9.48. The molecule has 3 aromatic rings. The average Bonchev–Trinajstić information content (AvgIpc) is 3.59. The van der Waals surface area contributed by atoms with E-state index in [0.717, 1.165) is 11.5 Å². The van der Waals surface area contributed by atoms with Crippen molar-refractivity contribution in [3.8, 4) is 22.9 Å². The van der Waals surface area contributed by atoms with E-state index in [0.29, 0.717) is 23.7 Å². The van der Waals surface area contributed by atoms with Gasteiger partial charge in [-0.3, -0.25) is 0 Å². The molecule has 0 fully saturated rings. The summed E-state index contributed by atoms with van der Waals surface area (Å²) in [5, 5.41) is 0. The third kappa shape index (κ3) is 10.4. The Morgan fingerprint density at radius 2 is 0.796 bits per heavy atom. The molecule has 0 unspecified atom stereocenters. The molecule has 0 bridgehead atoms. The van der Waals surface area contributed by atoms with Crippen LogP contribution in [0.15, 0.2) is 43.0 Å². The van der Waals surface area contributed by atoms with Crippen molar-refractivity contribution in [2.75, 3.05) is 14.2 Å². The van der Waals surface area contributed by atoms with Gasteiger partial charge in [-0.1, -0.05) is 107 Å². The van der Waals surface area contributed by atoms with Crippen LogP contribution in [0.3, 0.4) is 0 Å². The molecule has 0 N–H and O–H groups in total. The Balaban J connectivity index is 2.45. The lowest BCUT2D eigenvalue weighted by Gasteiger charge is -2.25. The van der Waals surface area contributed by atoms with Gasteiger partial charge in [0.25, 0.3) is 6.33 Å². The van der Waals surface area contributed by atoms with Crippen molar-refractivity contribution in [2.45, 2.75) is 182 Å². The number of hydrogen-bond donors (Lipinski definition) is 0. The van der Waals surface area contributed by atoms with E-state index in [9.17, 15) is 0 Å². The fourth-order valence-electron chi connectivity index (χ4n) is 8.61. The Labute approximate surface area is 302 Å². The first-order valence-corrected chi connectivity index (χ1v) is 20.4. The molecule has 2 aromatic carbocycles. The molecule has 4 nitrogen and oxygen atoms in total. The molecule has 0 aliphatic carbocycles.